The van der Waals surface area contributed by atoms with E-state index in [-0.39, 0.29) is 11.3 Å². The number of rotatable bonds is 1. The molecule has 1 aliphatic rings. The molecule has 3 aromatic rings. The normalized spacial score (nSPS) is 26.6. The lowest BCUT2D eigenvalue weighted by atomic mass is 9.60. The summed E-state index contributed by atoms with van der Waals surface area (Å²) in [6.07, 6.45) is 0. The summed E-state index contributed by atoms with van der Waals surface area (Å²) in [6, 6.07) is 12.5. The van der Waals surface area contributed by atoms with Crippen LogP contribution in [0.15, 0.2) is 42.5 Å². The fraction of sp³-hybridized carbons (Fsp3) is 0.400. The van der Waals surface area contributed by atoms with Crippen LogP contribution in [0.2, 0.25) is 0 Å². The van der Waals surface area contributed by atoms with Crippen molar-refractivity contribution in [1.29, 1.82) is 0 Å². The van der Waals surface area contributed by atoms with E-state index in [1.165, 1.54) is 13.0 Å². The maximum atomic E-state index is 8.63. The Bertz CT molecular complexity index is 1330. The molecule has 0 N–H and O–H groups in total. The van der Waals surface area contributed by atoms with Crippen LogP contribution in [0.25, 0.3) is 16.9 Å². The van der Waals surface area contributed by atoms with Crippen LogP contribution >= 0.6 is 0 Å². The largest absolute Gasteiger partial charge is 0.239 e. The Labute approximate surface area is 176 Å². The predicted octanol–water partition coefficient (Wildman–Crippen LogP) is 5.46. The van der Waals surface area contributed by atoms with E-state index in [2.05, 4.69) is 0 Å². The van der Waals surface area contributed by atoms with Gasteiger partial charge in [-0.25, -0.2) is 0 Å². The topological polar surface area (TPSA) is 8.81 Å². The molecule has 0 fully saturated rings. The standard InChI is InChI=1S/C25H31N2/c1-16-12-17(2)14-19(13-16)21-15-22-25(6,7)24(4,5)20-11-9-10-18(3)23(20)27(22)26(21)8/h9-15H,1-8H3/q+1/i4D3,5D3,6D3. The van der Waals surface area contributed by atoms with Gasteiger partial charge in [0.15, 0.2) is 7.05 Å². The van der Waals surface area contributed by atoms with Gasteiger partial charge < -0.3 is 0 Å². The summed E-state index contributed by atoms with van der Waals surface area (Å²) in [5.41, 5.74) is -0.293. The smallest absolute Gasteiger partial charge is 0.124 e. The molecule has 0 aliphatic carbocycles. The van der Waals surface area contributed by atoms with Crippen molar-refractivity contribution < 1.29 is 17.0 Å². The van der Waals surface area contributed by atoms with Gasteiger partial charge in [0.05, 0.1) is 5.69 Å². The molecule has 0 spiro atoms. The van der Waals surface area contributed by atoms with Crippen molar-refractivity contribution in [2.24, 2.45) is 7.05 Å². The average molecular weight is 369 g/mol. The van der Waals surface area contributed by atoms with E-state index in [1.807, 2.05) is 32.0 Å². The fourth-order valence-corrected chi connectivity index (χ4v) is 4.28. The quantitative estimate of drug-likeness (QED) is 0.504. The highest BCUT2D eigenvalue weighted by Crippen LogP contribution is 2.50. The first kappa shape index (κ1) is 10.3. The van der Waals surface area contributed by atoms with Gasteiger partial charge in [-0.1, -0.05) is 62.9 Å². The highest BCUT2D eigenvalue weighted by atomic mass is 15.4. The molecule has 0 amide bonds. The number of aromatic nitrogens is 2. The maximum absolute atomic E-state index is 8.63. The Kier molecular flexibility index (Phi) is 2.12. The molecule has 140 valence electrons. The second-order valence-electron chi connectivity index (χ2n) is 7.97. The number of para-hydroxylation sites is 1. The fourth-order valence-electron chi connectivity index (χ4n) is 4.28. The lowest BCUT2D eigenvalue weighted by Gasteiger charge is -2.46. The molecular formula is C25H31N2+. The molecule has 0 saturated carbocycles. The van der Waals surface area contributed by atoms with Crippen LogP contribution in [0.5, 0.6) is 0 Å². The van der Waals surface area contributed by atoms with Crippen molar-refractivity contribution in [3.05, 3.63) is 70.4 Å². The Hall–Kier alpha value is -2.35. The third-order valence-corrected chi connectivity index (χ3v) is 5.78. The summed E-state index contributed by atoms with van der Waals surface area (Å²) >= 11 is 0. The summed E-state index contributed by atoms with van der Waals surface area (Å²) in [5, 5.41) is 0. The second kappa shape index (κ2) is 5.58. The van der Waals surface area contributed by atoms with Crippen LogP contribution in [0, 0.1) is 20.8 Å². The number of nitrogens with zero attached hydrogens (tertiary/aromatic N) is 2. The molecule has 1 aromatic heterocycles. The first-order chi connectivity index (χ1) is 16.3. The van der Waals surface area contributed by atoms with Gasteiger partial charge >= 0.3 is 0 Å². The van der Waals surface area contributed by atoms with Crippen molar-refractivity contribution in [1.82, 2.24) is 4.68 Å². The molecule has 1 atom stereocenters. The van der Waals surface area contributed by atoms with Crippen LogP contribution in [-0.4, -0.2) is 4.68 Å². The van der Waals surface area contributed by atoms with Crippen molar-refractivity contribution in [3.8, 4) is 16.9 Å². The van der Waals surface area contributed by atoms with E-state index in [4.69, 9.17) is 12.3 Å². The summed E-state index contributed by atoms with van der Waals surface area (Å²) in [6.45, 7) is -2.32. The molecule has 1 unspecified atom stereocenters. The summed E-state index contributed by atoms with van der Waals surface area (Å²) in [7, 11) is 1.78. The molecule has 1 aliphatic heterocycles. The molecular weight excluding hydrogens is 328 g/mol. The molecule has 2 heterocycles. The van der Waals surface area contributed by atoms with E-state index >= 15 is 0 Å². The van der Waals surface area contributed by atoms with Gasteiger partial charge in [-0.3, -0.25) is 0 Å². The predicted molar refractivity (Wildman–Crippen MR) is 113 cm³/mol. The van der Waals surface area contributed by atoms with E-state index in [9.17, 15) is 0 Å². The first-order valence-corrected chi connectivity index (χ1v) is 9.12. The van der Waals surface area contributed by atoms with Crippen LogP contribution in [-0.2, 0) is 17.9 Å². The lowest BCUT2D eigenvalue weighted by Crippen LogP contribution is -2.51. The zero-order valence-electron chi connectivity index (χ0n) is 25.4. The molecule has 4 rings (SSSR count). The Morgan fingerprint density at radius 3 is 2.22 bits per heavy atom. The molecule has 0 radical (unpaired) electrons. The molecule has 27 heavy (non-hydrogen) atoms. The van der Waals surface area contributed by atoms with E-state index in [0.29, 0.717) is 16.9 Å². The van der Waals surface area contributed by atoms with Gasteiger partial charge in [-0.15, -0.1) is 9.36 Å². The van der Waals surface area contributed by atoms with Crippen LogP contribution in [0.4, 0.5) is 0 Å². The Balaban J connectivity index is 2.31. The first-order valence-electron chi connectivity index (χ1n) is 13.6. The average Bonchev–Trinajstić information content (AvgIpc) is 3.02. The van der Waals surface area contributed by atoms with E-state index in [0.717, 1.165) is 16.7 Å². The number of hydrogen-bond donors (Lipinski definition) is 0. The second-order valence-corrected chi connectivity index (χ2v) is 7.97. The number of aryl methyl sites for hydroxylation is 3. The lowest BCUT2D eigenvalue weighted by molar-refractivity contribution is -0.735. The molecule has 2 heteroatoms. The van der Waals surface area contributed by atoms with Crippen molar-refractivity contribution >= 4 is 0 Å². The van der Waals surface area contributed by atoms with Crippen LogP contribution < -0.4 is 4.68 Å². The minimum atomic E-state index is -3.17. The monoisotopic (exact) mass is 368 g/mol. The van der Waals surface area contributed by atoms with Gasteiger partial charge in [-0.05, 0) is 44.0 Å². The zero-order valence-corrected chi connectivity index (χ0v) is 16.4. The molecule has 2 aromatic carbocycles. The third kappa shape index (κ3) is 2.35. The highest BCUT2D eigenvalue weighted by Gasteiger charge is 2.50. The Morgan fingerprint density at radius 2 is 1.59 bits per heavy atom. The molecule has 0 bridgehead atoms. The van der Waals surface area contributed by atoms with Crippen molar-refractivity contribution in [2.75, 3.05) is 0 Å². The van der Waals surface area contributed by atoms with Crippen molar-refractivity contribution in [3.63, 3.8) is 0 Å². The summed E-state index contributed by atoms with van der Waals surface area (Å²) in [4.78, 5) is 0. The summed E-state index contributed by atoms with van der Waals surface area (Å²) in [5.74, 6) is 0. The van der Waals surface area contributed by atoms with E-state index < -0.39 is 31.4 Å². The molecule has 2 nitrogen and oxygen atoms in total. The molecule has 0 saturated heterocycles. The van der Waals surface area contributed by atoms with Gasteiger partial charge in [0.1, 0.15) is 5.69 Å². The SMILES string of the molecule is [2H]C([2H])([2H])C1(C)c2cc(-c3cc(C)cc(C)c3)[n+](C)n2-c2c(C)cccc2C1(C([2H])([2H])[2H])C([2H])([2H])[2H]. The number of fused-ring (bicyclic) bond motifs is 3. The van der Waals surface area contributed by atoms with Crippen molar-refractivity contribution in [2.45, 2.75) is 59.1 Å². The van der Waals surface area contributed by atoms with E-state index in [1.54, 1.807) is 41.5 Å². The van der Waals surface area contributed by atoms with Crippen LogP contribution in [0.1, 0.15) is 67.8 Å². The number of hydrogen-bond acceptors (Lipinski definition) is 0. The minimum Gasteiger partial charge on any atom is -0.124 e. The van der Waals surface area contributed by atoms with Gasteiger partial charge in [0.25, 0.3) is 0 Å². The van der Waals surface area contributed by atoms with Gasteiger partial charge in [0.2, 0.25) is 5.69 Å². The Morgan fingerprint density at radius 1 is 0.926 bits per heavy atom. The third-order valence-electron chi connectivity index (χ3n) is 5.78. The minimum absolute atomic E-state index is 0.00759. The summed E-state index contributed by atoms with van der Waals surface area (Å²) < 4.78 is 80.9. The van der Waals surface area contributed by atoms with Gasteiger partial charge in [-0.2, -0.15) is 0 Å². The maximum Gasteiger partial charge on any atom is 0.239 e. The zero-order chi connectivity index (χ0) is 27.2. The number of benzene rings is 2. The van der Waals surface area contributed by atoms with Gasteiger partial charge in [0, 0.05) is 34.8 Å². The highest BCUT2D eigenvalue weighted by molar-refractivity contribution is 5.63. The van der Waals surface area contributed by atoms with Crippen LogP contribution in [0.3, 0.4) is 0 Å².